The number of hydrogen-bond acceptors (Lipinski definition) is 14. The van der Waals surface area contributed by atoms with Crippen LogP contribution in [-0.2, 0) is 20.7 Å². The molecule has 10 N–H and O–H groups in total. The Bertz CT molecular complexity index is 1600. The Labute approximate surface area is 245 Å². The van der Waals surface area contributed by atoms with Crippen molar-refractivity contribution in [3.63, 3.8) is 0 Å². The lowest BCUT2D eigenvalue weighted by molar-refractivity contribution is -0.140. The summed E-state index contributed by atoms with van der Waals surface area (Å²) in [5.41, 5.74) is -0.452. The average molecular weight is 620 g/mol. The number of nitrogens with one attached hydrogen (secondary N) is 1. The van der Waals surface area contributed by atoms with Crippen molar-refractivity contribution in [2.45, 2.75) is 36.5 Å². The maximum atomic E-state index is 13.1. The molecule has 4 rings (SSSR count). The van der Waals surface area contributed by atoms with Gasteiger partial charge in [0.05, 0.1) is 10.5 Å². The molecule has 0 radical (unpaired) electrons. The molecule has 0 aliphatic carbocycles. The van der Waals surface area contributed by atoms with E-state index in [1.807, 2.05) is 0 Å². The second kappa shape index (κ2) is 11.8. The standard InChI is InChI=1S/C27H25NO14S/c1-9(29)28-14(26(38)39)8-43-25-13(6-18(34)22(36)23(25)37)24-20(7-12-15(31)4-11(30)5-19(12)41-24)42-27(40)10-2-16(32)21(35)17(33)3-10/h2-6,14,20,24,30-37H,7-8H2,1H3,(H,28,29)(H,38,39)/t14?,20-,24?/m1/s1. The quantitative estimate of drug-likeness (QED) is 0.0980. The SMILES string of the molecule is CC(=O)NC(CSc1c(C2Oc3cc(O)cc(O)c3C[C@H]2OC(=O)c2cc(O)c(O)c(O)c2)cc(O)c(O)c1O)C(=O)O. The monoisotopic (exact) mass is 619 g/mol. The third-order valence-electron chi connectivity index (χ3n) is 6.34. The van der Waals surface area contributed by atoms with Gasteiger partial charge in [0.15, 0.2) is 34.9 Å². The van der Waals surface area contributed by atoms with E-state index < -0.39 is 87.7 Å². The molecular weight excluding hydrogens is 594 g/mol. The highest BCUT2D eigenvalue weighted by Crippen LogP contribution is 2.51. The van der Waals surface area contributed by atoms with Gasteiger partial charge in [0.25, 0.3) is 0 Å². The number of phenolic OH excluding ortho intramolecular Hbond substituents is 8. The number of hydrogen-bond donors (Lipinski definition) is 10. The summed E-state index contributed by atoms with van der Waals surface area (Å²) in [5, 5.41) is 92.8. The molecule has 1 amide bonds. The smallest absolute Gasteiger partial charge is 0.338 e. The molecule has 15 nitrogen and oxygen atoms in total. The number of benzene rings is 3. The Morgan fingerprint density at radius 1 is 0.907 bits per heavy atom. The molecule has 0 spiro atoms. The van der Waals surface area contributed by atoms with Gasteiger partial charge in [-0.3, -0.25) is 4.79 Å². The van der Waals surface area contributed by atoms with Crippen molar-refractivity contribution < 1.29 is 69.8 Å². The number of carboxylic acids is 1. The number of esters is 1. The van der Waals surface area contributed by atoms with Crippen molar-refractivity contribution >= 4 is 29.6 Å². The van der Waals surface area contributed by atoms with Crippen LogP contribution < -0.4 is 10.1 Å². The molecular formula is C27H25NO14S. The lowest BCUT2D eigenvalue weighted by atomic mass is 9.93. The van der Waals surface area contributed by atoms with Crippen LogP contribution in [-0.4, -0.2) is 81.7 Å². The molecule has 0 bridgehead atoms. The summed E-state index contributed by atoms with van der Waals surface area (Å²) in [4.78, 5) is 36.0. The van der Waals surface area contributed by atoms with E-state index in [1.54, 1.807) is 0 Å². The number of aliphatic carboxylic acids is 1. The fraction of sp³-hybridized carbons (Fsp3) is 0.222. The predicted molar refractivity (Wildman–Crippen MR) is 145 cm³/mol. The van der Waals surface area contributed by atoms with Gasteiger partial charge in [-0.2, -0.15) is 0 Å². The normalized spacial score (nSPS) is 16.4. The second-order valence-corrected chi connectivity index (χ2v) is 10.4. The predicted octanol–water partition coefficient (Wildman–Crippen LogP) is 1.91. The van der Waals surface area contributed by atoms with Crippen molar-refractivity contribution in [2.75, 3.05) is 5.75 Å². The summed E-state index contributed by atoms with van der Waals surface area (Å²) in [6.45, 7) is 1.10. The Kier molecular flexibility index (Phi) is 8.43. The Morgan fingerprint density at radius 3 is 2.14 bits per heavy atom. The van der Waals surface area contributed by atoms with E-state index in [0.717, 1.165) is 37.3 Å². The number of phenols is 8. The van der Waals surface area contributed by atoms with Gasteiger partial charge in [0.1, 0.15) is 29.4 Å². The summed E-state index contributed by atoms with van der Waals surface area (Å²) in [7, 11) is 0. The van der Waals surface area contributed by atoms with Crippen molar-refractivity contribution in [3.8, 4) is 51.7 Å². The van der Waals surface area contributed by atoms with E-state index in [9.17, 15) is 60.3 Å². The van der Waals surface area contributed by atoms with E-state index in [4.69, 9.17) is 9.47 Å². The number of aromatic hydroxyl groups is 8. The first kappa shape index (κ1) is 30.6. The maximum absolute atomic E-state index is 13.1. The summed E-state index contributed by atoms with van der Waals surface area (Å²) in [5.74, 6) is -9.75. The molecule has 1 heterocycles. The number of fused-ring (bicyclic) bond motifs is 1. The number of carbonyl (C=O) groups is 3. The van der Waals surface area contributed by atoms with Crippen LogP contribution >= 0.6 is 11.8 Å². The molecule has 3 aromatic carbocycles. The van der Waals surface area contributed by atoms with Crippen molar-refractivity contribution in [3.05, 3.63) is 47.0 Å². The van der Waals surface area contributed by atoms with E-state index in [2.05, 4.69) is 5.32 Å². The lowest BCUT2D eigenvalue weighted by Crippen LogP contribution is -2.41. The van der Waals surface area contributed by atoms with Crippen LogP contribution in [0.4, 0.5) is 0 Å². The molecule has 0 aromatic heterocycles. The highest BCUT2D eigenvalue weighted by atomic mass is 32.2. The molecule has 3 aromatic rings. The van der Waals surface area contributed by atoms with E-state index in [0.29, 0.717) is 11.8 Å². The molecule has 1 aliphatic rings. The van der Waals surface area contributed by atoms with Gasteiger partial charge in [0.2, 0.25) is 11.7 Å². The zero-order valence-electron chi connectivity index (χ0n) is 22.0. The second-order valence-electron chi connectivity index (χ2n) is 9.40. The van der Waals surface area contributed by atoms with Gasteiger partial charge in [-0.15, -0.1) is 11.8 Å². The highest BCUT2D eigenvalue weighted by Gasteiger charge is 2.39. The maximum Gasteiger partial charge on any atom is 0.338 e. The first-order chi connectivity index (χ1) is 20.2. The van der Waals surface area contributed by atoms with Crippen LogP contribution in [0.3, 0.4) is 0 Å². The molecule has 16 heteroatoms. The largest absolute Gasteiger partial charge is 0.508 e. The zero-order chi connectivity index (χ0) is 31.7. The summed E-state index contributed by atoms with van der Waals surface area (Å²) < 4.78 is 11.6. The van der Waals surface area contributed by atoms with Gasteiger partial charge in [-0.1, -0.05) is 0 Å². The van der Waals surface area contributed by atoms with Gasteiger partial charge in [-0.05, 0) is 18.2 Å². The zero-order valence-corrected chi connectivity index (χ0v) is 22.8. The van der Waals surface area contributed by atoms with Crippen LogP contribution in [0.15, 0.2) is 35.2 Å². The van der Waals surface area contributed by atoms with Crippen LogP contribution in [0, 0.1) is 0 Å². The van der Waals surface area contributed by atoms with Crippen LogP contribution in [0.2, 0.25) is 0 Å². The number of ether oxygens (including phenoxy) is 2. The van der Waals surface area contributed by atoms with E-state index >= 15 is 0 Å². The number of amides is 1. The molecule has 3 atom stereocenters. The fourth-order valence-electron chi connectivity index (χ4n) is 4.34. The van der Waals surface area contributed by atoms with Crippen molar-refractivity contribution in [1.82, 2.24) is 5.32 Å². The molecule has 0 saturated heterocycles. The van der Waals surface area contributed by atoms with Crippen molar-refractivity contribution in [2.24, 2.45) is 0 Å². The molecule has 0 fully saturated rings. The van der Waals surface area contributed by atoms with E-state index in [-0.39, 0.29) is 33.9 Å². The minimum atomic E-state index is -1.46. The molecule has 1 aliphatic heterocycles. The fourth-order valence-corrected chi connectivity index (χ4v) is 5.47. The Balaban J connectivity index is 1.80. The van der Waals surface area contributed by atoms with E-state index in [1.165, 1.54) is 0 Å². The number of thioether (sulfide) groups is 1. The molecule has 228 valence electrons. The summed E-state index contributed by atoms with van der Waals surface area (Å²) in [6.07, 6.45) is -3.15. The number of carboxylic acid groups (broad SMARTS) is 1. The minimum Gasteiger partial charge on any atom is -0.508 e. The van der Waals surface area contributed by atoms with Crippen LogP contribution in [0.1, 0.15) is 34.5 Å². The molecule has 2 unspecified atom stereocenters. The number of rotatable bonds is 8. The third-order valence-corrected chi connectivity index (χ3v) is 7.56. The third kappa shape index (κ3) is 6.28. The number of carbonyl (C=O) groups excluding carboxylic acids is 2. The highest BCUT2D eigenvalue weighted by molar-refractivity contribution is 7.99. The first-order valence-corrected chi connectivity index (χ1v) is 13.2. The minimum absolute atomic E-state index is 0.0839. The first-order valence-electron chi connectivity index (χ1n) is 12.3. The van der Waals surface area contributed by atoms with Crippen LogP contribution in [0.5, 0.6) is 51.7 Å². The lowest BCUT2D eigenvalue weighted by Gasteiger charge is -2.35. The van der Waals surface area contributed by atoms with Crippen molar-refractivity contribution in [1.29, 1.82) is 0 Å². The van der Waals surface area contributed by atoms with Gasteiger partial charge in [0, 0.05) is 42.4 Å². The molecule has 0 saturated carbocycles. The average Bonchev–Trinajstić information content (AvgIpc) is 2.92. The molecule has 43 heavy (non-hydrogen) atoms. The summed E-state index contributed by atoms with van der Waals surface area (Å²) in [6, 6.07) is 3.28. The Morgan fingerprint density at radius 2 is 1.53 bits per heavy atom. The topological polar surface area (TPSA) is 264 Å². The van der Waals surface area contributed by atoms with Gasteiger partial charge >= 0.3 is 11.9 Å². The Hall–Kier alpha value is -5.38. The van der Waals surface area contributed by atoms with Crippen LogP contribution in [0.25, 0.3) is 0 Å². The van der Waals surface area contributed by atoms with Gasteiger partial charge < -0.3 is 60.7 Å². The summed E-state index contributed by atoms with van der Waals surface area (Å²) >= 11 is 0.649. The van der Waals surface area contributed by atoms with Gasteiger partial charge in [-0.25, -0.2) is 9.59 Å².